The highest BCUT2D eigenvalue weighted by Gasteiger charge is 2.36. The molecule has 1 N–H and O–H groups in total. The number of β-amino-alcohol motifs (C(OH)–C–C–N with tert-alkyl or cyclic N) is 1. The smallest absolute Gasteiger partial charge is 0.161 e. The number of benzene rings is 2. The van der Waals surface area contributed by atoms with E-state index in [4.69, 9.17) is 14.2 Å². The fraction of sp³-hybridized carbons (Fsp3) is 0.556. The summed E-state index contributed by atoms with van der Waals surface area (Å²) in [6.45, 7) is 5.40. The summed E-state index contributed by atoms with van der Waals surface area (Å²) in [6, 6.07) is 14.2. The molecule has 0 saturated carbocycles. The lowest BCUT2D eigenvalue weighted by Gasteiger charge is -2.29. The van der Waals surface area contributed by atoms with Gasteiger partial charge in [-0.3, -0.25) is 9.80 Å². The van der Waals surface area contributed by atoms with E-state index >= 15 is 0 Å². The average molecular weight is 472 g/mol. The van der Waals surface area contributed by atoms with Crippen LogP contribution in [0.25, 0.3) is 0 Å². The van der Waals surface area contributed by atoms with Crippen molar-refractivity contribution >= 4 is 0 Å². The van der Waals surface area contributed by atoms with Crippen LogP contribution in [-0.2, 0) is 13.1 Å². The van der Waals surface area contributed by atoms with Crippen molar-refractivity contribution in [3.63, 3.8) is 0 Å². The maximum Gasteiger partial charge on any atom is 0.161 e. The average Bonchev–Trinajstić information content (AvgIpc) is 3.17. The molecule has 0 bridgehead atoms. The molecular weight excluding hydrogens is 430 g/mol. The minimum absolute atomic E-state index is 0.637. The highest BCUT2D eigenvalue weighted by Crippen LogP contribution is 2.30. The fourth-order valence-corrected chi connectivity index (χ4v) is 4.56. The maximum absolute atomic E-state index is 11.2. The predicted octanol–water partition coefficient (Wildman–Crippen LogP) is 3.10. The fourth-order valence-electron chi connectivity index (χ4n) is 4.56. The van der Waals surface area contributed by atoms with Gasteiger partial charge in [0.2, 0.25) is 0 Å². The minimum atomic E-state index is -0.708. The van der Waals surface area contributed by atoms with Crippen molar-refractivity contribution in [2.75, 3.05) is 68.1 Å². The summed E-state index contributed by atoms with van der Waals surface area (Å²) in [5, 5.41) is 11.2. The maximum atomic E-state index is 11.2. The Labute approximate surface area is 204 Å². The number of methoxy groups -OCH3 is 2. The first-order chi connectivity index (χ1) is 16.3. The molecule has 1 atom stereocenters. The van der Waals surface area contributed by atoms with E-state index in [-0.39, 0.29) is 0 Å². The Hall–Kier alpha value is -2.32. The summed E-state index contributed by atoms with van der Waals surface area (Å²) in [7, 11) is 9.54. The Bertz CT molecular complexity index is 890. The van der Waals surface area contributed by atoms with Crippen molar-refractivity contribution in [2.45, 2.75) is 31.5 Å². The standard InChI is InChI=1S/C27H41N3O4/c1-28(2)14-6-16-34-25-12-9-23(17-26(25)33-5)19-30-15-13-27(31,21-30)20-29(3)18-22-7-10-24(32-4)11-8-22/h7-12,17,31H,6,13-16,18-21H2,1-5H3. The molecule has 0 aromatic heterocycles. The van der Waals surface area contributed by atoms with Gasteiger partial charge in [0.25, 0.3) is 0 Å². The first kappa shape index (κ1) is 26.3. The van der Waals surface area contributed by atoms with Crippen LogP contribution in [0.5, 0.6) is 17.2 Å². The van der Waals surface area contributed by atoms with E-state index in [9.17, 15) is 5.11 Å². The van der Waals surface area contributed by atoms with Crippen molar-refractivity contribution in [1.82, 2.24) is 14.7 Å². The van der Waals surface area contributed by atoms with E-state index in [0.29, 0.717) is 19.7 Å². The first-order valence-electron chi connectivity index (χ1n) is 12.0. The van der Waals surface area contributed by atoms with Crippen LogP contribution in [0.2, 0.25) is 0 Å². The second-order valence-corrected chi connectivity index (χ2v) is 9.70. The number of hydrogen-bond donors (Lipinski definition) is 1. The largest absolute Gasteiger partial charge is 0.497 e. The Balaban J connectivity index is 1.50. The van der Waals surface area contributed by atoms with E-state index in [0.717, 1.165) is 61.8 Å². The Morgan fingerprint density at radius 2 is 1.71 bits per heavy atom. The summed E-state index contributed by atoms with van der Waals surface area (Å²) in [6.07, 6.45) is 1.74. The highest BCUT2D eigenvalue weighted by molar-refractivity contribution is 5.43. The molecule has 34 heavy (non-hydrogen) atoms. The van der Waals surface area contributed by atoms with Gasteiger partial charge >= 0.3 is 0 Å². The van der Waals surface area contributed by atoms with Crippen molar-refractivity contribution in [1.29, 1.82) is 0 Å². The van der Waals surface area contributed by atoms with Gasteiger partial charge in [-0.1, -0.05) is 18.2 Å². The normalized spacial score (nSPS) is 18.6. The topological polar surface area (TPSA) is 57.6 Å². The van der Waals surface area contributed by atoms with Crippen molar-refractivity contribution in [3.05, 3.63) is 53.6 Å². The number of likely N-dealkylation sites (N-methyl/N-ethyl adjacent to an activating group) is 1. The predicted molar refractivity (Wildman–Crippen MR) is 136 cm³/mol. The first-order valence-corrected chi connectivity index (χ1v) is 12.0. The van der Waals surface area contributed by atoms with Crippen molar-refractivity contribution in [3.8, 4) is 17.2 Å². The number of hydrogen-bond acceptors (Lipinski definition) is 7. The lowest BCUT2D eigenvalue weighted by molar-refractivity contribution is 0.0162. The molecule has 2 aromatic rings. The van der Waals surface area contributed by atoms with Crippen LogP contribution in [0, 0.1) is 0 Å². The van der Waals surface area contributed by atoms with Gasteiger partial charge in [-0.25, -0.2) is 0 Å². The third-order valence-corrected chi connectivity index (χ3v) is 6.23. The zero-order valence-electron chi connectivity index (χ0n) is 21.4. The van der Waals surface area contributed by atoms with Crippen LogP contribution in [0.15, 0.2) is 42.5 Å². The van der Waals surface area contributed by atoms with Crippen molar-refractivity contribution < 1.29 is 19.3 Å². The Morgan fingerprint density at radius 3 is 2.38 bits per heavy atom. The molecular formula is C27H41N3O4. The minimum Gasteiger partial charge on any atom is -0.497 e. The molecule has 0 radical (unpaired) electrons. The zero-order valence-corrected chi connectivity index (χ0v) is 21.4. The quantitative estimate of drug-likeness (QED) is 0.451. The van der Waals surface area contributed by atoms with Gasteiger partial charge in [0, 0.05) is 39.3 Å². The van der Waals surface area contributed by atoms with E-state index in [1.165, 1.54) is 5.56 Å². The number of nitrogens with zero attached hydrogens (tertiary/aromatic N) is 3. The number of likely N-dealkylation sites (tertiary alicyclic amines) is 1. The lowest BCUT2D eigenvalue weighted by Crippen LogP contribution is -2.43. The molecule has 1 fully saturated rings. The third-order valence-electron chi connectivity index (χ3n) is 6.23. The molecule has 1 aliphatic heterocycles. The molecule has 1 saturated heterocycles. The van der Waals surface area contributed by atoms with Gasteiger partial charge in [-0.2, -0.15) is 0 Å². The SMILES string of the molecule is COc1ccc(CN(C)CC2(O)CCN(Cc3ccc(OCCCN(C)C)c(OC)c3)C2)cc1. The second kappa shape index (κ2) is 12.4. The van der Waals surface area contributed by atoms with Gasteiger partial charge in [0.1, 0.15) is 5.75 Å². The Kier molecular flexibility index (Phi) is 9.59. The highest BCUT2D eigenvalue weighted by atomic mass is 16.5. The second-order valence-electron chi connectivity index (χ2n) is 9.70. The number of rotatable bonds is 13. The van der Waals surface area contributed by atoms with Crippen LogP contribution >= 0.6 is 0 Å². The third kappa shape index (κ3) is 7.87. The Morgan fingerprint density at radius 1 is 0.971 bits per heavy atom. The molecule has 1 aliphatic rings. The van der Waals surface area contributed by atoms with Crippen molar-refractivity contribution in [2.24, 2.45) is 0 Å². The van der Waals surface area contributed by atoms with E-state index in [1.54, 1.807) is 14.2 Å². The molecule has 7 heteroatoms. The molecule has 2 aromatic carbocycles. The molecule has 0 aliphatic carbocycles. The number of ether oxygens (including phenoxy) is 3. The lowest BCUT2D eigenvalue weighted by atomic mass is 10.0. The van der Waals surface area contributed by atoms with Crippen LogP contribution < -0.4 is 14.2 Å². The summed E-state index contributed by atoms with van der Waals surface area (Å²) in [5.74, 6) is 2.40. The molecule has 0 amide bonds. The van der Waals surface area contributed by atoms with E-state index in [2.05, 4.69) is 60.1 Å². The van der Waals surface area contributed by atoms with E-state index < -0.39 is 5.60 Å². The van der Waals surface area contributed by atoms with Gasteiger partial charge < -0.3 is 24.2 Å². The van der Waals surface area contributed by atoms with Gasteiger partial charge in [0.15, 0.2) is 11.5 Å². The molecule has 3 rings (SSSR count). The van der Waals surface area contributed by atoms with Crippen LogP contribution in [0.1, 0.15) is 24.0 Å². The summed E-state index contributed by atoms with van der Waals surface area (Å²) in [4.78, 5) is 6.65. The van der Waals surface area contributed by atoms with Gasteiger partial charge in [-0.05, 0) is 69.4 Å². The summed E-state index contributed by atoms with van der Waals surface area (Å²) in [5.41, 5.74) is 1.66. The molecule has 188 valence electrons. The number of aliphatic hydroxyl groups is 1. The van der Waals surface area contributed by atoms with Crippen LogP contribution in [-0.4, -0.2) is 93.6 Å². The zero-order chi connectivity index (χ0) is 24.6. The van der Waals surface area contributed by atoms with Gasteiger partial charge in [0.05, 0.1) is 26.4 Å². The monoisotopic (exact) mass is 471 g/mol. The summed E-state index contributed by atoms with van der Waals surface area (Å²) >= 11 is 0. The van der Waals surface area contributed by atoms with Crippen LogP contribution in [0.4, 0.5) is 0 Å². The molecule has 0 spiro atoms. The molecule has 1 unspecified atom stereocenters. The molecule has 1 heterocycles. The molecule has 7 nitrogen and oxygen atoms in total. The van der Waals surface area contributed by atoms with Gasteiger partial charge in [-0.15, -0.1) is 0 Å². The van der Waals surface area contributed by atoms with Crippen LogP contribution in [0.3, 0.4) is 0 Å². The summed E-state index contributed by atoms with van der Waals surface area (Å²) < 4.78 is 16.7. The van der Waals surface area contributed by atoms with E-state index in [1.807, 2.05) is 18.2 Å².